The molecule has 1 unspecified atom stereocenters. The van der Waals surface area contributed by atoms with Crippen molar-refractivity contribution in [1.29, 1.82) is 0 Å². The lowest BCUT2D eigenvalue weighted by Crippen LogP contribution is -2.51. The van der Waals surface area contributed by atoms with Crippen LogP contribution in [0.25, 0.3) is 0 Å². The summed E-state index contributed by atoms with van der Waals surface area (Å²) >= 11 is 0. The van der Waals surface area contributed by atoms with Crippen LogP contribution in [0.4, 0.5) is 4.79 Å². The molecule has 1 aliphatic rings. The first-order chi connectivity index (χ1) is 8.97. The van der Waals surface area contributed by atoms with Gasteiger partial charge in [0.05, 0.1) is 0 Å². The van der Waals surface area contributed by atoms with E-state index in [2.05, 4.69) is 6.92 Å². The number of likely N-dealkylation sites (tertiary alicyclic amines) is 1. The molecule has 2 amide bonds. The molecule has 1 aliphatic heterocycles. The Kier molecular flexibility index (Phi) is 6.12. The van der Waals surface area contributed by atoms with Crippen molar-refractivity contribution in [3.63, 3.8) is 0 Å². The second-order valence-electron chi connectivity index (χ2n) is 5.50. The van der Waals surface area contributed by atoms with Crippen molar-refractivity contribution in [3.8, 4) is 0 Å². The Balaban J connectivity index is 2.82. The second kappa shape index (κ2) is 7.36. The Hall–Kier alpha value is -1.26. The molecule has 5 heteroatoms. The van der Waals surface area contributed by atoms with Crippen LogP contribution in [0.2, 0.25) is 0 Å². The molecule has 110 valence electrons. The fraction of sp³-hybridized carbons (Fsp3) is 0.857. The number of aliphatic carboxylic acids is 1. The van der Waals surface area contributed by atoms with Gasteiger partial charge in [0.25, 0.3) is 0 Å². The normalized spacial score (nSPS) is 20.2. The second-order valence-corrected chi connectivity index (χ2v) is 5.50. The summed E-state index contributed by atoms with van der Waals surface area (Å²) in [6.45, 7) is 6.34. The molecule has 1 saturated heterocycles. The van der Waals surface area contributed by atoms with Crippen molar-refractivity contribution in [2.24, 2.45) is 0 Å². The van der Waals surface area contributed by atoms with Crippen molar-refractivity contribution < 1.29 is 14.7 Å². The summed E-state index contributed by atoms with van der Waals surface area (Å²) in [4.78, 5) is 26.8. The highest BCUT2D eigenvalue weighted by Crippen LogP contribution is 2.21. The van der Waals surface area contributed by atoms with Crippen LogP contribution in [0.1, 0.15) is 52.9 Å². The molecular weight excluding hydrogens is 244 g/mol. The SMILES string of the molecule is CCC1CCCCCN1C(=O)N(CC(=O)O)C(C)C. The number of nitrogens with zero attached hydrogens (tertiary/aromatic N) is 2. The predicted molar refractivity (Wildman–Crippen MR) is 74.1 cm³/mol. The summed E-state index contributed by atoms with van der Waals surface area (Å²) in [5.41, 5.74) is 0. The summed E-state index contributed by atoms with van der Waals surface area (Å²) < 4.78 is 0. The molecule has 0 aromatic rings. The molecule has 1 rings (SSSR count). The molecule has 1 heterocycles. The quantitative estimate of drug-likeness (QED) is 0.854. The molecule has 19 heavy (non-hydrogen) atoms. The van der Waals surface area contributed by atoms with Gasteiger partial charge in [-0.25, -0.2) is 4.79 Å². The van der Waals surface area contributed by atoms with E-state index in [1.165, 1.54) is 4.90 Å². The number of carbonyl (C=O) groups is 2. The van der Waals surface area contributed by atoms with Crippen molar-refractivity contribution in [2.75, 3.05) is 13.1 Å². The molecule has 1 N–H and O–H groups in total. The van der Waals surface area contributed by atoms with E-state index in [0.29, 0.717) is 0 Å². The van der Waals surface area contributed by atoms with Crippen LogP contribution < -0.4 is 0 Å². The monoisotopic (exact) mass is 270 g/mol. The molecule has 0 aromatic carbocycles. The molecule has 0 spiro atoms. The topological polar surface area (TPSA) is 60.9 Å². The summed E-state index contributed by atoms with van der Waals surface area (Å²) in [7, 11) is 0. The van der Waals surface area contributed by atoms with Gasteiger partial charge in [-0.3, -0.25) is 4.79 Å². The Bertz CT molecular complexity index is 318. The first-order valence-electron chi connectivity index (χ1n) is 7.26. The molecule has 1 atom stereocenters. The number of hydrogen-bond donors (Lipinski definition) is 1. The van der Waals surface area contributed by atoms with E-state index in [9.17, 15) is 9.59 Å². The molecule has 0 bridgehead atoms. The van der Waals surface area contributed by atoms with Crippen LogP contribution in [0, 0.1) is 0 Å². The smallest absolute Gasteiger partial charge is 0.323 e. The lowest BCUT2D eigenvalue weighted by atomic mass is 10.1. The van der Waals surface area contributed by atoms with Gasteiger partial charge in [0.1, 0.15) is 6.54 Å². The van der Waals surface area contributed by atoms with Crippen LogP contribution in [0.15, 0.2) is 0 Å². The average molecular weight is 270 g/mol. The van der Waals surface area contributed by atoms with Crippen molar-refractivity contribution in [1.82, 2.24) is 9.80 Å². The standard InChI is InChI=1S/C14H26N2O3/c1-4-12-8-6-5-7-9-15(12)14(19)16(11(2)3)10-13(17)18/h11-12H,4-10H2,1-3H3,(H,17,18). The van der Waals surface area contributed by atoms with E-state index in [4.69, 9.17) is 5.11 Å². The Labute approximate surface area is 115 Å². The highest BCUT2D eigenvalue weighted by Gasteiger charge is 2.30. The van der Waals surface area contributed by atoms with Gasteiger partial charge in [-0.05, 0) is 33.1 Å². The number of rotatable bonds is 4. The molecule has 0 aliphatic carbocycles. The molecule has 0 radical (unpaired) electrons. The minimum Gasteiger partial charge on any atom is -0.480 e. The van der Waals surface area contributed by atoms with E-state index in [1.54, 1.807) is 0 Å². The first-order valence-corrected chi connectivity index (χ1v) is 7.26. The largest absolute Gasteiger partial charge is 0.480 e. The van der Waals surface area contributed by atoms with Crippen molar-refractivity contribution in [2.45, 2.75) is 65.0 Å². The highest BCUT2D eigenvalue weighted by molar-refractivity contribution is 5.80. The van der Waals surface area contributed by atoms with E-state index in [-0.39, 0.29) is 24.7 Å². The van der Waals surface area contributed by atoms with Crippen LogP contribution in [0.5, 0.6) is 0 Å². The third kappa shape index (κ3) is 4.40. The van der Waals surface area contributed by atoms with Gasteiger partial charge in [-0.15, -0.1) is 0 Å². The minimum absolute atomic E-state index is 0.0932. The summed E-state index contributed by atoms with van der Waals surface area (Å²) in [5, 5.41) is 8.95. The van der Waals surface area contributed by atoms with Gasteiger partial charge in [-0.2, -0.15) is 0 Å². The van der Waals surface area contributed by atoms with Gasteiger partial charge in [-0.1, -0.05) is 19.8 Å². The first kappa shape index (κ1) is 15.8. The zero-order chi connectivity index (χ0) is 14.4. The number of hydrogen-bond acceptors (Lipinski definition) is 2. The van der Waals surface area contributed by atoms with Crippen LogP contribution in [-0.4, -0.2) is 52.1 Å². The minimum atomic E-state index is -0.954. The fourth-order valence-corrected chi connectivity index (χ4v) is 2.64. The van der Waals surface area contributed by atoms with E-state index < -0.39 is 5.97 Å². The maximum atomic E-state index is 12.6. The van der Waals surface area contributed by atoms with Crippen LogP contribution in [-0.2, 0) is 4.79 Å². The summed E-state index contributed by atoms with van der Waals surface area (Å²) in [5.74, 6) is -0.954. The number of amides is 2. The lowest BCUT2D eigenvalue weighted by Gasteiger charge is -2.36. The van der Waals surface area contributed by atoms with Gasteiger partial charge in [0, 0.05) is 18.6 Å². The summed E-state index contributed by atoms with van der Waals surface area (Å²) in [6.07, 6.45) is 5.29. The molecule has 0 aromatic heterocycles. The van der Waals surface area contributed by atoms with Crippen LogP contribution in [0.3, 0.4) is 0 Å². The van der Waals surface area contributed by atoms with Gasteiger partial charge in [0.15, 0.2) is 0 Å². The highest BCUT2D eigenvalue weighted by atomic mass is 16.4. The van der Waals surface area contributed by atoms with Crippen LogP contribution >= 0.6 is 0 Å². The summed E-state index contributed by atoms with van der Waals surface area (Å²) in [6, 6.07) is 0.0422. The van der Waals surface area contributed by atoms with E-state index >= 15 is 0 Å². The average Bonchev–Trinajstić information content (AvgIpc) is 2.59. The maximum absolute atomic E-state index is 12.6. The van der Waals surface area contributed by atoms with Gasteiger partial charge >= 0.3 is 12.0 Å². The van der Waals surface area contributed by atoms with Gasteiger partial charge < -0.3 is 14.9 Å². The number of carboxylic acid groups (broad SMARTS) is 1. The van der Waals surface area contributed by atoms with Crippen molar-refractivity contribution in [3.05, 3.63) is 0 Å². The number of carboxylic acids is 1. The fourth-order valence-electron chi connectivity index (χ4n) is 2.64. The molecule has 0 saturated carbocycles. The zero-order valence-electron chi connectivity index (χ0n) is 12.3. The van der Waals surface area contributed by atoms with E-state index in [1.807, 2.05) is 18.7 Å². The lowest BCUT2D eigenvalue weighted by molar-refractivity contribution is -0.138. The van der Waals surface area contributed by atoms with Gasteiger partial charge in [0.2, 0.25) is 0 Å². The Morgan fingerprint density at radius 2 is 2.00 bits per heavy atom. The van der Waals surface area contributed by atoms with Crippen molar-refractivity contribution >= 4 is 12.0 Å². The van der Waals surface area contributed by atoms with E-state index in [0.717, 1.165) is 38.6 Å². The zero-order valence-corrected chi connectivity index (χ0v) is 12.3. The Morgan fingerprint density at radius 1 is 1.32 bits per heavy atom. The predicted octanol–water partition coefficient (Wildman–Crippen LogP) is 2.56. The molecular formula is C14H26N2O3. The third-order valence-corrected chi connectivity index (χ3v) is 3.77. The number of carbonyl (C=O) groups excluding carboxylic acids is 1. The third-order valence-electron chi connectivity index (χ3n) is 3.77. The number of urea groups is 1. The molecule has 5 nitrogen and oxygen atoms in total. The Morgan fingerprint density at radius 3 is 2.53 bits per heavy atom. The molecule has 1 fully saturated rings. The maximum Gasteiger partial charge on any atom is 0.323 e.